The molecule has 0 unspecified atom stereocenters. The van der Waals surface area contributed by atoms with Crippen molar-refractivity contribution >= 4 is 35.0 Å². The van der Waals surface area contributed by atoms with Crippen LogP contribution in [0.3, 0.4) is 0 Å². The van der Waals surface area contributed by atoms with Crippen molar-refractivity contribution in [2.75, 3.05) is 0 Å². The first-order valence-electron chi connectivity index (χ1n) is 9.58. The van der Waals surface area contributed by atoms with E-state index in [1.807, 2.05) is 52.0 Å². The molecule has 0 fully saturated rings. The summed E-state index contributed by atoms with van der Waals surface area (Å²) in [6, 6.07) is 12.3. The summed E-state index contributed by atoms with van der Waals surface area (Å²) in [5, 5.41) is 3.91. The SMILES string of the molecule is Cc1ccccc1CN(C(=O)Cc1ccc(Cl)cc1Cl)[C@H](C)C(=O)NC(C)(C)C. The quantitative estimate of drug-likeness (QED) is 0.680. The Labute approximate surface area is 183 Å². The van der Waals surface area contributed by atoms with E-state index in [0.717, 1.165) is 11.1 Å². The van der Waals surface area contributed by atoms with Gasteiger partial charge in [-0.1, -0.05) is 53.5 Å². The summed E-state index contributed by atoms with van der Waals surface area (Å²) in [6.45, 7) is 9.83. The van der Waals surface area contributed by atoms with E-state index in [2.05, 4.69) is 5.32 Å². The first-order valence-corrected chi connectivity index (χ1v) is 10.3. The molecular weight excluding hydrogens is 407 g/mol. The second-order valence-corrected chi connectivity index (χ2v) is 9.12. The Kier molecular flexibility index (Phi) is 7.73. The van der Waals surface area contributed by atoms with Crippen LogP contribution in [0, 0.1) is 6.92 Å². The molecule has 6 heteroatoms. The number of aryl methyl sites for hydroxylation is 1. The van der Waals surface area contributed by atoms with Crippen LogP contribution in [0.1, 0.15) is 44.4 Å². The van der Waals surface area contributed by atoms with Crippen molar-refractivity contribution < 1.29 is 9.59 Å². The minimum absolute atomic E-state index is 0.0923. The molecule has 1 atom stereocenters. The Hall–Kier alpha value is -2.04. The number of benzene rings is 2. The second-order valence-electron chi connectivity index (χ2n) is 8.28. The van der Waals surface area contributed by atoms with Gasteiger partial charge < -0.3 is 10.2 Å². The van der Waals surface area contributed by atoms with Gasteiger partial charge in [0.05, 0.1) is 6.42 Å². The van der Waals surface area contributed by atoms with Crippen molar-refractivity contribution in [1.29, 1.82) is 0 Å². The monoisotopic (exact) mass is 434 g/mol. The van der Waals surface area contributed by atoms with Gasteiger partial charge in [0.1, 0.15) is 6.04 Å². The number of amides is 2. The van der Waals surface area contributed by atoms with Gasteiger partial charge in [-0.3, -0.25) is 9.59 Å². The predicted molar refractivity (Wildman–Crippen MR) is 119 cm³/mol. The van der Waals surface area contributed by atoms with E-state index in [1.54, 1.807) is 30.0 Å². The van der Waals surface area contributed by atoms with Gasteiger partial charge >= 0.3 is 0 Å². The number of rotatable bonds is 6. The molecular formula is C23H28Cl2N2O2. The fraction of sp³-hybridized carbons (Fsp3) is 0.391. The summed E-state index contributed by atoms with van der Waals surface area (Å²) >= 11 is 12.2. The molecule has 0 aliphatic carbocycles. The number of carbonyl (C=O) groups is 2. The number of carbonyl (C=O) groups excluding carboxylic acids is 2. The minimum atomic E-state index is -0.632. The molecule has 0 spiro atoms. The average Bonchev–Trinajstić information content (AvgIpc) is 2.61. The summed E-state index contributed by atoms with van der Waals surface area (Å²) in [5.41, 5.74) is 2.36. The zero-order valence-corrected chi connectivity index (χ0v) is 19.1. The largest absolute Gasteiger partial charge is 0.350 e. The van der Waals surface area contributed by atoms with Crippen LogP contribution in [0.2, 0.25) is 10.0 Å². The van der Waals surface area contributed by atoms with E-state index in [4.69, 9.17) is 23.2 Å². The second kappa shape index (κ2) is 9.64. The van der Waals surface area contributed by atoms with Gasteiger partial charge in [-0.25, -0.2) is 0 Å². The van der Waals surface area contributed by atoms with Crippen molar-refractivity contribution in [2.45, 2.75) is 59.2 Å². The first-order chi connectivity index (χ1) is 13.5. The lowest BCUT2D eigenvalue weighted by Gasteiger charge is -2.32. The lowest BCUT2D eigenvalue weighted by molar-refractivity contribution is -0.140. The number of nitrogens with one attached hydrogen (secondary N) is 1. The lowest BCUT2D eigenvalue weighted by atomic mass is 10.0. The smallest absolute Gasteiger partial charge is 0.242 e. The predicted octanol–water partition coefficient (Wildman–Crippen LogP) is 5.18. The van der Waals surface area contributed by atoms with Crippen molar-refractivity contribution in [1.82, 2.24) is 10.2 Å². The van der Waals surface area contributed by atoms with Crippen LogP contribution in [0.5, 0.6) is 0 Å². The molecule has 0 bridgehead atoms. The van der Waals surface area contributed by atoms with Gasteiger partial charge in [0.25, 0.3) is 0 Å². The van der Waals surface area contributed by atoms with Gasteiger partial charge in [0.2, 0.25) is 11.8 Å². The third kappa shape index (κ3) is 6.76. The fourth-order valence-electron chi connectivity index (χ4n) is 2.96. The van der Waals surface area contributed by atoms with Crippen LogP contribution in [-0.4, -0.2) is 28.3 Å². The molecule has 2 amide bonds. The molecule has 0 heterocycles. The molecule has 0 aromatic heterocycles. The third-order valence-corrected chi connectivity index (χ3v) is 5.21. The van der Waals surface area contributed by atoms with Crippen LogP contribution in [-0.2, 0) is 22.6 Å². The van der Waals surface area contributed by atoms with E-state index in [-0.39, 0.29) is 23.8 Å². The highest BCUT2D eigenvalue weighted by Crippen LogP contribution is 2.23. The molecule has 0 saturated heterocycles. The molecule has 0 aliphatic heterocycles. The number of hydrogen-bond donors (Lipinski definition) is 1. The summed E-state index contributed by atoms with van der Waals surface area (Å²) < 4.78 is 0. The van der Waals surface area contributed by atoms with Crippen molar-refractivity contribution in [3.63, 3.8) is 0 Å². The molecule has 4 nitrogen and oxygen atoms in total. The molecule has 156 valence electrons. The van der Waals surface area contributed by atoms with Gasteiger partial charge in [-0.15, -0.1) is 0 Å². The minimum Gasteiger partial charge on any atom is -0.350 e. The van der Waals surface area contributed by atoms with Crippen molar-refractivity contribution in [3.8, 4) is 0 Å². The number of hydrogen-bond acceptors (Lipinski definition) is 2. The summed E-state index contributed by atoms with van der Waals surface area (Å²) in [4.78, 5) is 27.6. The standard InChI is InChI=1S/C23H28Cl2N2O2/c1-15-8-6-7-9-18(15)14-27(16(2)22(29)26-23(3,4)5)21(28)12-17-10-11-19(24)13-20(17)25/h6-11,13,16H,12,14H2,1-5H3,(H,26,29)/t16-/m1/s1. The fourth-order valence-corrected chi connectivity index (χ4v) is 3.43. The summed E-state index contributed by atoms with van der Waals surface area (Å²) in [6.07, 6.45) is 0.0923. The topological polar surface area (TPSA) is 49.4 Å². The summed E-state index contributed by atoms with van der Waals surface area (Å²) in [5.74, 6) is -0.365. The van der Waals surface area contributed by atoms with E-state index >= 15 is 0 Å². The first kappa shape index (κ1) is 23.2. The van der Waals surface area contributed by atoms with E-state index in [0.29, 0.717) is 22.2 Å². The molecule has 0 saturated carbocycles. The Morgan fingerprint density at radius 1 is 1.07 bits per heavy atom. The maximum absolute atomic E-state index is 13.2. The Bertz CT molecular complexity index is 891. The Morgan fingerprint density at radius 2 is 1.72 bits per heavy atom. The van der Waals surface area contributed by atoms with Crippen LogP contribution >= 0.6 is 23.2 Å². The molecule has 0 aliphatic rings. The van der Waals surface area contributed by atoms with E-state index in [1.165, 1.54) is 0 Å². The molecule has 1 N–H and O–H groups in total. The summed E-state index contributed by atoms with van der Waals surface area (Å²) in [7, 11) is 0. The van der Waals surface area contributed by atoms with Crippen LogP contribution in [0.25, 0.3) is 0 Å². The van der Waals surface area contributed by atoms with Gasteiger partial charge in [0.15, 0.2) is 0 Å². The normalized spacial score (nSPS) is 12.4. The Balaban J connectivity index is 2.31. The van der Waals surface area contributed by atoms with Crippen molar-refractivity contribution in [2.24, 2.45) is 0 Å². The lowest BCUT2D eigenvalue weighted by Crippen LogP contribution is -2.52. The highest BCUT2D eigenvalue weighted by Gasteiger charge is 2.29. The van der Waals surface area contributed by atoms with E-state index < -0.39 is 6.04 Å². The van der Waals surface area contributed by atoms with E-state index in [9.17, 15) is 9.59 Å². The highest BCUT2D eigenvalue weighted by atomic mass is 35.5. The van der Waals surface area contributed by atoms with Gasteiger partial charge in [-0.2, -0.15) is 0 Å². The van der Waals surface area contributed by atoms with Gasteiger partial charge in [-0.05, 0) is 63.4 Å². The average molecular weight is 435 g/mol. The van der Waals surface area contributed by atoms with Crippen molar-refractivity contribution in [3.05, 3.63) is 69.2 Å². The highest BCUT2D eigenvalue weighted by molar-refractivity contribution is 6.35. The van der Waals surface area contributed by atoms with Crippen LogP contribution in [0.15, 0.2) is 42.5 Å². The maximum atomic E-state index is 13.2. The number of nitrogens with zero attached hydrogens (tertiary/aromatic N) is 1. The molecule has 2 rings (SSSR count). The third-order valence-electron chi connectivity index (χ3n) is 4.62. The van der Waals surface area contributed by atoms with Crippen LogP contribution in [0.4, 0.5) is 0 Å². The zero-order valence-electron chi connectivity index (χ0n) is 17.6. The van der Waals surface area contributed by atoms with Crippen LogP contribution < -0.4 is 5.32 Å². The van der Waals surface area contributed by atoms with Gasteiger partial charge in [0, 0.05) is 22.1 Å². The molecule has 0 radical (unpaired) electrons. The zero-order chi connectivity index (χ0) is 21.8. The number of halogens is 2. The molecule has 29 heavy (non-hydrogen) atoms. The maximum Gasteiger partial charge on any atom is 0.242 e. The molecule has 2 aromatic carbocycles. The molecule has 2 aromatic rings. The Morgan fingerprint density at radius 3 is 2.31 bits per heavy atom.